The van der Waals surface area contributed by atoms with Crippen molar-refractivity contribution in [1.29, 1.82) is 0 Å². The first-order valence-corrected chi connectivity index (χ1v) is 2.08. The van der Waals surface area contributed by atoms with Gasteiger partial charge >= 0.3 is 0 Å². The van der Waals surface area contributed by atoms with Crippen LogP contribution in [0.1, 0.15) is 6.42 Å². The molecule has 0 aromatic rings. The maximum atomic E-state index is 3.80. The Morgan fingerprint density at radius 3 is 2.00 bits per heavy atom. The summed E-state index contributed by atoms with van der Waals surface area (Å²) in [5.41, 5.74) is 1.52. The van der Waals surface area contributed by atoms with Crippen molar-refractivity contribution in [3.63, 3.8) is 0 Å². The van der Waals surface area contributed by atoms with Crippen LogP contribution in [0.25, 0.3) is 0 Å². The third-order valence-electron chi connectivity index (χ3n) is 1.63. The minimum atomic E-state index is 1.02. The first-order valence-electron chi connectivity index (χ1n) is 2.08. The highest BCUT2D eigenvalue weighted by molar-refractivity contribution is 5.38. The van der Waals surface area contributed by atoms with E-state index in [9.17, 15) is 0 Å². The van der Waals surface area contributed by atoms with Crippen molar-refractivity contribution >= 4 is 0 Å². The minimum absolute atomic E-state index is 1.02. The molecule has 0 saturated heterocycles. The highest BCUT2D eigenvalue weighted by Gasteiger charge is 2.57. The molecule has 2 atom stereocenters. The molecule has 2 aliphatic rings. The van der Waals surface area contributed by atoms with Crippen molar-refractivity contribution in [3.05, 3.63) is 12.2 Å². The average molecular weight is 66.1 g/mol. The lowest BCUT2D eigenvalue weighted by Crippen LogP contribution is -1.57. The van der Waals surface area contributed by atoms with Gasteiger partial charge in [-0.15, -0.1) is 0 Å². The van der Waals surface area contributed by atoms with E-state index in [1.807, 2.05) is 0 Å². The van der Waals surface area contributed by atoms with Gasteiger partial charge in [0.05, 0.1) is 0 Å². The van der Waals surface area contributed by atoms with Crippen molar-refractivity contribution in [2.75, 3.05) is 0 Å². The van der Waals surface area contributed by atoms with Gasteiger partial charge in [-0.2, -0.15) is 0 Å². The molecule has 5 heavy (non-hydrogen) atoms. The summed E-state index contributed by atoms with van der Waals surface area (Å²) in [7, 11) is 0. The molecule has 2 fully saturated rings. The van der Waals surface area contributed by atoms with Gasteiger partial charge in [-0.05, 0) is 18.3 Å². The zero-order valence-corrected chi connectivity index (χ0v) is 3.07. The summed E-state index contributed by atoms with van der Waals surface area (Å²) in [6, 6.07) is 0. The van der Waals surface area contributed by atoms with E-state index in [1.165, 1.54) is 12.0 Å². The number of rotatable bonds is 0. The van der Waals surface area contributed by atoms with Crippen LogP contribution in [0, 0.1) is 11.8 Å². The van der Waals surface area contributed by atoms with Crippen LogP contribution >= 0.6 is 0 Å². The maximum absolute atomic E-state index is 3.80. The van der Waals surface area contributed by atoms with E-state index >= 15 is 0 Å². The van der Waals surface area contributed by atoms with E-state index in [0.717, 1.165) is 11.8 Å². The van der Waals surface area contributed by atoms with Crippen LogP contribution in [0.2, 0.25) is 0 Å². The molecule has 0 bridgehead atoms. The fourth-order valence-corrected chi connectivity index (χ4v) is 0.782. The third kappa shape index (κ3) is 0.0822. The summed E-state index contributed by atoms with van der Waals surface area (Å²) < 4.78 is 0. The van der Waals surface area contributed by atoms with Crippen molar-refractivity contribution in [1.82, 2.24) is 0 Å². The zero-order chi connectivity index (χ0) is 3.44. The molecule has 2 aliphatic carbocycles. The summed E-state index contributed by atoms with van der Waals surface area (Å²) in [6.45, 7) is 3.80. The predicted molar refractivity (Wildman–Crippen MR) is 20.7 cm³/mol. The topological polar surface area (TPSA) is 0 Å². The smallest absolute Gasteiger partial charge is 0.0131 e. The number of hydrogen-bond donors (Lipinski definition) is 0. The van der Waals surface area contributed by atoms with Crippen molar-refractivity contribution in [3.8, 4) is 0 Å². The molecular formula is C5H6. The Kier molecular flexibility index (Phi) is 0.119. The van der Waals surface area contributed by atoms with E-state index in [0.29, 0.717) is 0 Å². The lowest BCUT2D eigenvalue weighted by atomic mass is 10.3. The number of fused-ring (bicyclic) bond motifs is 1. The first-order chi connectivity index (χ1) is 2.39. The molecule has 0 heteroatoms. The van der Waals surface area contributed by atoms with Crippen LogP contribution in [0.3, 0.4) is 0 Å². The van der Waals surface area contributed by atoms with Crippen LogP contribution in [0.4, 0.5) is 0 Å². The van der Waals surface area contributed by atoms with Crippen molar-refractivity contribution in [2.24, 2.45) is 11.8 Å². The lowest BCUT2D eigenvalue weighted by molar-refractivity contribution is 1.10. The van der Waals surface area contributed by atoms with E-state index in [1.54, 1.807) is 0 Å². The predicted octanol–water partition coefficient (Wildman–Crippen LogP) is 1.19. The highest BCUT2D eigenvalue weighted by atomic mass is 14.6. The van der Waals surface area contributed by atoms with Gasteiger partial charge in [0.2, 0.25) is 0 Å². The molecule has 0 radical (unpaired) electrons. The Morgan fingerprint density at radius 1 is 1.60 bits per heavy atom. The van der Waals surface area contributed by atoms with Crippen LogP contribution in [0.15, 0.2) is 12.2 Å². The molecule has 26 valence electrons. The quantitative estimate of drug-likeness (QED) is 0.372. The second-order valence-corrected chi connectivity index (χ2v) is 2.02. The SMILES string of the molecule is C=C1C2CC12. The Bertz CT molecular complexity index is 82.2. The third-order valence-corrected chi connectivity index (χ3v) is 1.63. The first kappa shape index (κ1) is 2.01. The summed E-state index contributed by atoms with van der Waals surface area (Å²) in [5, 5.41) is 0. The molecule has 0 N–H and O–H groups in total. The van der Waals surface area contributed by atoms with Crippen molar-refractivity contribution < 1.29 is 0 Å². The normalized spacial score (nSPS) is 55.6. The van der Waals surface area contributed by atoms with Crippen LogP contribution < -0.4 is 0 Å². The Balaban J connectivity index is 2.46. The van der Waals surface area contributed by atoms with Crippen LogP contribution in [-0.2, 0) is 0 Å². The largest absolute Gasteiger partial charge is 0.0993 e. The average Bonchev–Trinajstić information content (AvgIpc) is 2.11. The maximum Gasteiger partial charge on any atom is -0.0131 e. The number of allylic oxidation sites excluding steroid dienone is 1. The van der Waals surface area contributed by atoms with E-state index < -0.39 is 0 Å². The van der Waals surface area contributed by atoms with E-state index in [4.69, 9.17) is 0 Å². The summed E-state index contributed by atoms with van der Waals surface area (Å²) in [6.07, 6.45) is 1.47. The Morgan fingerprint density at radius 2 is 2.00 bits per heavy atom. The monoisotopic (exact) mass is 66.0 g/mol. The molecule has 2 saturated carbocycles. The molecule has 0 aromatic heterocycles. The highest BCUT2D eigenvalue weighted by Crippen LogP contribution is 2.66. The van der Waals surface area contributed by atoms with Gasteiger partial charge in [-0.25, -0.2) is 0 Å². The fourth-order valence-electron chi connectivity index (χ4n) is 0.782. The summed E-state index contributed by atoms with van der Waals surface area (Å²) in [5.74, 6) is 2.05. The molecule has 0 nitrogen and oxygen atoms in total. The summed E-state index contributed by atoms with van der Waals surface area (Å²) in [4.78, 5) is 0. The Hall–Kier alpha value is -0.260. The van der Waals surface area contributed by atoms with Gasteiger partial charge in [0, 0.05) is 0 Å². The van der Waals surface area contributed by atoms with Gasteiger partial charge in [0.25, 0.3) is 0 Å². The van der Waals surface area contributed by atoms with Gasteiger partial charge < -0.3 is 0 Å². The van der Waals surface area contributed by atoms with Gasteiger partial charge in [-0.3, -0.25) is 0 Å². The Labute approximate surface area is 31.5 Å². The molecule has 2 rings (SSSR count). The van der Waals surface area contributed by atoms with Crippen LogP contribution in [0.5, 0.6) is 0 Å². The molecule has 0 aliphatic heterocycles. The minimum Gasteiger partial charge on any atom is -0.0993 e. The second kappa shape index (κ2) is 0.296. The fraction of sp³-hybridized carbons (Fsp3) is 0.600. The van der Waals surface area contributed by atoms with Gasteiger partial charge in [0.1, 0.15) is 0 Å². The lowest BCUT2D eigenvalue weighted by Gasteiger charge is -1.71. The molecule has 0 heterocycles. The molecule has 0 spiro atoms. The molecule has 0 aromatic carbocycles. The molecular weight excluding hydrogens is 60.1 g/mol. The summed E-state index contributed by atoms with van der Waals surface area (Å²) >= 11 is 0. The number of hydrogen-bond acceptors (Lipinski definition) is 0. The van der Waals surface area contributed by atoms with E-state index in [-0.39, 0.29) is 0 Å². The standard InChI is InChI=1S/C5H6/c1-3-4-2-5(3)4/h4-5H,1-2H2. The molecule has 0 amide bonds. The molecule has 2 unspecified atom stereocenters. The second-order valence-electron chi connectivity index (χ2n) is 2.02. The zero-order valence-electron chi connectivity index (χ0n) is 3.07. The van der Waals surface area contributed by atoms with E-state index in [2.05, 4.69) is 6.58 Å². The van der Waals surface area contributed by atoms with Crippen molar-refractivity contribution in [2.45, 2.75) is 6.42 Å². The van der Waals surface area contributed by atoms with Gasteiger partial charge in [-0.1, -0.05) is 12.2 Å². The van der Waals surface area contributed by atoms with Gasteiger partial charge in [0.15, 0.2) is 0 Å². The van der Waals surface area contributed by atoms with Crippen LogP contribution in [-0.4, -0.2) is 0 Å².